The summed E-state index contributed by atoms with van der Waals surface area (Å²) in [7, 11) is -3.90. The van der Waals surface area contributed by atoms with Gasteiger partial charge in [-0.3, -0.25) is 9.59 Å². The monoisotopic (exact) mass is 518 g/mol. The molecule has 0 bridgehead atoms. The fourth-order valence-corrected chi connectivity index (χ4v) is 5.26. The molecule has 3 N–H and O–H groups in total. The highest BCUT2D eigenvalue weighted by molar-refractivity contribution is 7.34. The van der Waals surface area contributed by atoms with Crippen LogP contribution in [0.3, 0.4) is 0 Å². The largest absolute Gasteiger partial charge is 0.393 e. The zero-order chi connectivity index (χ0) is 26.6. The van der Waals surface area contributed by atoms with Crippen molar-refractivity contribution in [1.29, 1.82) is 0 Å². The summed E-state index contributed by atoms with van der Waals surface area (Å²) < 4.78 is 23.8. The number of carbonyl (C=O) groups excluding carboxylic acids is 2. The molecule has 206 valence electrons. The zero-order valence-corrected chi connectivity index (χ0v) is 23.2. The van der Waals surface area contributed by atoms with Crippen LogP contribution in [0.25, 0.3) is 0 Å². The summed E-state index contributed by atoms with van der Waals surface area (Å²) in [5.74, 6) is -2.14. The SMILES string of the molecule is CCCCCCCCCCCC(=O)C(O)(CO)C(O)(C(=O)CCCCCCCCCCC)P(=O)=O. The van der Waals surface area contributed by atoms with Crippen LogP contribution in [0, 0.1) is 0 Å². The first-order chi connectivity index (χ1) is 16.7. The van der Waals surface area contributed by atoms with Crippen LogP contribution in [0.1, 0.15) is 142 Å². The number of rotatable bonds is 25. The predicted molar refractivity (Wildman–Crippen MR) is 139 cm³/mol. The topological polar surface area (TPSA) is 129 Å². The first-order valence-corrected chi connectivity index (χ1v) is 15.2. The summed E-state index contributed by atoms with van der Waals surface area (Å²) in [6.07, 6.45) is 17.4. The van der Waals surface area contributed by atoms with E-state index in [0.29, 0.717) is 19.3 Å². The van der Waals surface area contributed by atoms with E-state index in [1.807, 2.05) is 0 Å². The molecule has 8 heteroatoms. The van der Waals surface area contributed by atoms with Gasteiger partial charge in [-0.05, 0) is 12.8 Å². The first kappa shape index (κ1) is 34.1. The zero-order valence-electron chi connectivity index (χ0n) is 22.3. The van der Waals surface area contributed by atoms with Crippen molar-refractivity contribution in [2.24, 2.45) is 0 Å². The van der Waals surface area contributed by atoms with E-state index in [4.69, 9.17) is 0 Å². The predicted octanol–water partition coefficient (Wildman–Crippen LogP) is 6.55. The van der Waals surface area contributed by atoms with Gasteiger partial charge >= 0.3 is 7.68 Å². The molecular formula is C27H51O7P. The molecule has 0 aliphatic heterocycles. The van der Waals surface area contributed by atoms with Crippen molar-refractivity contribution in [3.8, 4) is 0 Å². The molecule has 2 atom stereocenters. The van der Waals surface area contributed by atoms with Crippen LogP contribution in [0.4, 0.5) is 0 Å². The third kappa shape index (κ3) is 12.3. The van der Waals surface area contributed by atoms with Crippen LogP contribution in [-0.4, -0.2) is 44.4 Å². The lowest BCUT2D eigenvalue weighted by molar-refractivity contribution is -0.173. The Morgan fingerprint density at radius 1 is 0.571 bits per heavy atom. The van der Waals surface area contributed by atoms with E-state index >= 15 is 0 Å². The molecule has 0 amide bonds. The summed E-state index contributed by atoms with van der Waals surface area (Å²) in [5.41, 5.74) is -3.04. The third-order valence-corrected chi connectivity index (χ3v) is 8.08. The molecule has 0 aromatic rings. The molecule has 0 radical (unpaired) electrons. The van der Waals surface area contributed by atoms with E-state index in [2.05, 4.69) is 13.8 Å². The molecule has 0 rings (SSSR count). The summed E-state index contributed by atoms with van der Waals surface area (Å²) in [5, 5.41) is 27.9. The summed E-state index contributed by atoms with van der Waals surface area (Å²) in [4.78, 5) is 25.4. The van der Waals surface area contributed by atoms with Gasteiger partial charge in [0.05, 0.1) is 6.61 Å². The minimum atomic E-state index is -3.90. The quantitative estimate of drug-likeness (QED) is 0.0923. The van der Waals surface area contributed by atoms with Crippen molar-refractivity contribution in [2.75, 3.05) is 6.61 Å². The van der Waals surface area contributed by atoms with Gasteiger partial charge in [-0.1, -0.05) is 117 Å². The minimum absolute atomic E-state index is 0.205. The number of hydrogen-bond acceptors (Lipinski definition) is 7. The van der Waals surface area contributed by atoms with Crippen LogP contribution in [-0.2, 0) is 18.7 Å². The van der Waals surface area contributed by atoms with E-state index < -0.39 is 36.8 Å². The average Bonchev–Trinajstić information content (AvgIpc) is 2.85. The number of aliphatic hydroxyl groups excluding tert-OH is 1. The molecule has 0 fully saturated rings. The molecule has 0 aliphatic carbocycles. The molecule has 0 aromatic heterocycles. The number of hydrogen-bond donors (Lipinski definition) is 3. The summed E-state index contributed by atoms with van der Waals surface area (Å²) in [6.45, 7) is 3.00. The second kappa shape index (κ2) is 20.2. The number of carbonyl (C=O) groups is 2. The van der Waals surface area contributed by atoms with Crippen LogP contribution < -0.4 is 0 Å². The van der Waals surface area contributed by atoms with Crippen molar-refractivity contribution in [3.05, 3.63) is 0 Å². The van der Waals surface area contributed by atoms with Crippen molar-refractivity contribution in [2.45, 2.75) is 153 Å². The normalized spacial score (nSPS) is 14.9. The maximum absolute atomic E-state index is 12.7. The maximum atomic E-state index is 12.7. The molecule has 0 aliphatic rings. The van der Waals surface area contributed by atoms with E-state index in [-0.39, 0.29) is 12.8 Å². The molecule has 7 nitrogen and oxygen atoms in total. The van der Waals surface area contributed by atoms with Crippen LogP contribution in [0.2, 0.25) is 0 Å². The molecule has 0 heterocycles. The maximum Gasteiger partial charge on any atom is 0.359 e. The van der Waals surface area contributed by atoms with Gasteiger partial charge in [0.2, 0.25) is 0 Å². The third-order valence-electron chi connectivity index (χ3n) is 6.93. The molecule has 35 heavy (non-hydrogen) atoms. The Morgan fingerprint density at radius 2 is 0.886 bits per heavy atom. The van der Waals surface area contributed by atoms with Gasteiger partial charge < -0.3 is 15.3 Å². The Kier molecular flexibility index (Phi) is 19.7. The lowest BCUT2D eigenvalue weighted by Crippen LogP contribution is -2.63. The highest BCUT2D eigenvalue weighted by atomic mass is 31.1. The van der Waals surface area contributed by atoms with E-state index in [1.54, 1.807) is 0 Å². The van der Waals surface area contributed by atoms with Crippen molar-refractivity contribution in [3.63, 3.8) is 0 Å². The Balaban J connectivity index is 4.65. The van der Waals surface area contributed by atoms with Gasteiger partial charge in [-0.2, -0.15) is 0 Å². The smallest absolute Gasteiger partial charge is 0.359 e. The highest BCUT2D eigenvalue weighted by Crippen LogP contribution is 2.40. The van der Waals surface area contributed by atoms with Crippen molar-refractivity contribution >= 4 is 19.2 Å². The highest BCUT2D eigenvalue weighted by Gasteiger charge is 2.62. The fourth-order valence-electron chi connectivity index (χ4n) is 4.45. The van der Waals surface area contributed by atoms with E-state index in [9.17, 15) is 34.0 Å². The lowest BCUT2D eigenvalue weighted by Gasteiger charge is -2.34. The second-order valence-electron chi connectivity index (χ2n) is 9.95. The molecule has 2 unspecified atom stereocenters. The molecule has 0 saturated heterocycles. The Morgan fingerprint density at radius 3 is 1.20 bits per heavy atom. The van der Waals surface area contributed by atoms with E-state index in [0.717, 1.165) is 44.9 Å². The van der Waals surface area contributed by atoms with Gasteiger partial charge in [-0.25, -0.2) is 9.13 Å². The fraction of sp³-hybridized carbons (Fsp3) is 0.926. The lowest BCUT2D eigenvalue weighted by atomic mass is 9.85. The standard InChI is InChI=1S/C27H51O7P/c1-3-5-7-9-11-13-15-17-19-21-24(29)26(31,23-28)27(32,35(33)34)25(30)22-20-18-16-14-12-10-8-6-4-2/h28,31-32H,3-23H2,1-2H3. The van der Waals surface area contributed by atoms with E-state index in [1.165, 1.54) is 51.4 Å². The van der Waals surface area contributed by atoms with Gasteiger partial charge in [0.25, 0.3) is 5.34 Å². The molecule has 0 spiro atoms. The number of ketones is 2. The number of Topliss-reactive ketones (excluding diaryl/α,β-unsaturated/α-hetero) is 2. The molecular weight excluding hydrogens is 467 g/mol. The minimum Gasteiger partial charge on any atom is -0.393 e. The van der Waals surface area contributed by atoms with Crippen LogP contribution in [0.15, 0.2) is 0 Å². The van der Waals surface area contributed by atoms with Gasteiger partial charge in [0.1, 0.15) is 0 Å². The van der Waals surface area contributed by atoms with Crippen LogP contribution >= 0.6 is 7.68 Å². The second-order valence-corrected chi connectivity index (χ2v) is 11.1. The molecule has 0 saturated carbocycles. The van der Waals surface area contributed by atoms with Crippen LogP contribution in [0.5, 0.6) is 0 Å². The summed E-state index contributed by atoms with van der Waals surface area (Å²) in [6, 6.07) is 0. The van der Waals surface area contributed by atoms with Crippen molar-refractivity contribution < 1.29 is 34.0 Å². The summed E-state index contributed by atoms with van der Waals surface area (Å²) >= 11 is 0. The van der Waals surface area contributed by atoms with Gasteiger partial charge in [0, 0.05) is 12.8 Å². The first-order valence-electron chi connectivity index (χ1n) is 14.0. The Bertz CT molecular complexity index is 641. The number of unbranched alkanes of at least 4 members (excludes halogenated alkanes) is 16. The molecule has 0 aromatic carbocycles. The Labute approximate surface area is 213 Å². The van der Waals surface area contributed by atoms with Gasteiger partial charge in [-0.15, -0.1) is 0 Å². The Hall–Kier alpha value is -0.880. The van der Waals surface area contributed by atoms with Crippen molar-refractivity contribution in [1.82, 2.24) is 0 Å². The number of aliphatic hydroxyl groups is 3. The average molecular weight is 519 g/mol. The van der Waals surface area contributed by atoms with Gasteiger partial charge in [0.15, 0.2) is 17.2 Å².